The highest BCUT2D eigenvalue weighted by atomic mass is 15.0. The van der Waals surface area contributed by atoms with Crippen LogP contribution in [0.25, 0.3) is 33.6 Å². The van der Waals surface area contributed by atoms with E-state index in [1.165, 1.54) is 21.8 Å². The molecule has 2 aromatic heterocycles. The Morgan fingerprint density at radius 3 is 2.43 bits per heavy atom. The predicted octanol–water partition coefficient (Wildman–Crippen LogP) is 4.82. The first-order valence-electron chi connectivity index (χ1n) is 6.94. The van der Waals surface area contributed by atoms with Crippen LogP contribution in [0.2, 0.25) is 0 Å². The summed E-state index contributed by atoms with van der Waals surface area (Å²) in [5.74, 6) is 0. The second-order valence-corrected chi connectivity index (χ2v) is 5.04. The van der Waals surface area contributed by atoms with Crippen molar-refractivity contribution >= 4 is 27.9 Å². The van der Waals surface area contributed by atoms with Gasteiger partial charge in [-0.15, -0.1) is 0 Å². The summed E-state index contributed by atoms with van der Waals surface area (Å²) < 4.78 is 2.28. The van der Waals surface area contributed by atoms with Crippen LogP contribution < -0.4 is 0 Å². The molecule has 0 aliphatic heterocycles. The Labute approximate surface area is 123 Å². The number of benzene rings is 2. The molecule has 2 heteroatoms. The minimum atomic E-state index is 1.13. The number of hydrogen-bond acceptors (Lipinski definition) is 1. The molecule has 4 aromatic rings. The summed E-state index contributed by atoms with van der Waals surface area (Å²) in [6.45, 7) is 3.87. The molecule has 0 fully saturated rings. The van der Waals surface area contributed by atoms with E-state index in [-0.39, 0.29) is 0 Å². The van der Waals surface area contributed by atoms with Gasteiger partial charge in [-0.05, 0) is 35.9 Å². The van der Waals surface area contributed by atoms with Crippen LogP contribution in [0.1, 0.15) is 5.56 Å². The van der Waals surface area contributed by atoms with Gasteiger partial charge in [-0.3, -0.25) is 4.98 Å². The van der Waals surface area contributed by atoms with Gasteiger partial charge in [0, 0.05) is 28.9 Å². The van der Waals surface area contributed by atoms with E-state index in [0.29, 0.717) is 0 Å². The first kappa shape index (κ1) is 11.9. The van der Waals surface area contributed by atoms with Gasteiger partial charge < -0.3 is 4.57 Å². The number of hydrogen-bond donors (Lipinski definition) is 0. The van der Waals surface area contributed by atoms with Crippen molar-refractivity contribution in [2.45, 2.75) is 0 Å². The average molecular weight is 270 g/mol. The smallest absolute Gasteiger partial charge is 0.0541 e. The Balaban J connectivity index is 2.20. The fourth-order valence-corrected chi connectivity index (χ4v) is 2.89. The lowest BCUT2D eigenvalue weighted by atomic mass is 10.1. The molecule has 0 radical (unpaired) electrons. The summed E-state index contributed by atoms with van der Waals surface area (Å²) in [5.41, 5.74) is 4.68. The lowest BCUT2D eigenvalue weighted by molar-refractivity contribution is 1.15. The van der Waals surface area contributed by atoms with Gasteiger partial charge >= 0.3 is 0 Å². The number of para-hydroxylation sites is 1. The fraction of sp³-hybridized carbons (Fsp3) is 0. The monoisotopic (exact) mass is 270 g/mol. The Bertz CT molecular complexity index is 949. The molecule has 2 aromatic carbocycles. The molecule has 0 bridgehead atoms. The molecule has 0 spiro atoms. The normalized spacial score (nSPS) is 11.0. The van der Waals surface area contributed by atoms with E-state index in [0.717, 1.165) is 11.3 Å². The van der Waals surface area contributed by atoms with Gasteiger partial charge in [-0.1, -0.05) is 36.9 Å². The van der Waals surface area contributed by atoms with E-state index in [9.17, 15) is 0 Å². The second-order valence-electron chi connectivity index (χ2n) is 5.04. The van der Waals surface area contributed by atoms with Crippen molar-refractivity contribution in [3.05, 3.63) is 79.1 Å². The Morgan fingerprint density at radius 2 is 1.62 bits per heavy atom. The molecule has 0 atom stereocenters. The van der Waals surface area contributed by atoms with Crippen LogP contribution in [0, 0.1) is 0 Å². The molecule has 0 aliphatic rings. The standard InChI is InChI=1S/C19H14N2/c1-2-14-7-8-19-17(13-14)16-5-3-4-6-18(16)21(19)15-9-11-20-12-10-15/h2-13H,1H2. The summed E-state index contributed by atoms with van der Waals surface area (Å²) in [6, 6.07) is 19.0. The molecule has 0 unspecified atom stereocenters. The van der Waals surface area contributed by atoms with Crippen molar-refractivity contribution in [3.8, 4) is 5.69 Å². The number of rotatable bonds is 2. The first-order valence-corrected chi connectivity index (χ1v) is 6.94. The molecular formula is C19H14N2. The maximum Gasteiger partial charge on any atom is 0.0541 e. The molecule has 4 rings (SSSR count). The zero-order valence-corrected chi connectivity index (χ0v) is 11.5. The molecular weight excluding hydrogens is 256 g/mol. The van der Waals surface area contributed by atoms with Crippen LogP contribution in [0.4, 0.5) is 0 Å². The largest absolute Gasteiger partial charge is 0.309 e. The maximum atomic E-state index is 4.12. The lowest BCUT2D eigenvalue weighted by Gasteiger charge is -2.06. The van der Waals surface area contributed by atoms with Crippen molar-refractivity contribution in [1.82, 2.24) is 9.55 Å². The van der Waals surface area contributed by atoms with Gasteiger partial charge in [-0.2, -0.15) is 0 Å². The van der Waals surface area contributed by atoms with E-state index in [4.69, 9.17) is 0 Å². The quantitative estimate of drug-likeness (QED) is 0.510. The zero-order chi connectivity index (χ0) is 14.2. The third-order valence-corrected chi connectivity index (χ3v) is 3.85. The van der Waals surface area contributed by atoms with E-state index < -0.39 is 0 Å². The van der Waals surface area contributed by atoms with Crippen molar-refractivity contribution < 1.29 is 0 Å². The van der Waals surface area contributed by atoms with Gasteiger partial charge in [0.15, 0.2) is 0 Å². The van der Waals surface area contributed by atoms with Gasteiger partial charge in [0.05, 0.1) is 11.0 Å². The SMILES string of the molecule is C=Cc1ccc2c(c1)c1ccccc1n2-c1ccncc1. The summed E-state index contributed by atoms with van der Waals surface area (Å²) in [6.07, 6.45) is 5.54. The van der Waals surface area contributed by atoms with Crippen LogP contribution in [-0.4, -0.2) is 9.55 Å². The zero-order valence-electron chi connectivity index (χ0n) is 11.5. The molecule has 2 nitrogen and oxygen atoms in total. The molecule has 0 aliphatic carbocycles. The Kier molecular flexibility index (Phi) is 2.61. The van der Waals surface area contributed by atoms with Crippen molar-refractivity contribution in [2.75, 3.05) is 0 Å². The average Bonchev–Trinajstić information content (AvgIpc) is 2.89. The van der Waals surface area contributed by atoms with E-state index in [1.54, 1.807) is 0 Å². The Hall–Kier alpha value is -2.87. The first-order chi connectivity index (χ1) is 10.4. The number of fused-ring (bicyclic) bond motifs is 3. The summed E-state index contributed by atoms with van der Waals surface area (Å²) in [7, 11) is 0. The summed E-state index contributed by atoms with van der Waals surface area (Å²) in [5, 5.41) is 2.51. The summed E-state index contributed by atoms with van der Waals surface area (Å²) in [4.78, 5) is 4.12. The van der Waals surface area contributed by atoms with Gasteiger partial charge in [0.25, 0.3) is 0 Å². The number of pyridine rings is 1. The van der Waals surface area contributed by atoms with Gasteiger partial charge in [0.1, 0.15) is 0 Å². The molecule has 0 amide bonds. The van der Waals surface area contributed by atoms with Gasteiger partial charge in [-0.25, -0.2) is 0 Å². The predicted molar refractivity (Wildman–Crippen MR) is 88.7 cm³/mol. The van der Waals surface area contributed by atoms with Crippen LogP contribution in [0.15, 0.2) is 73.6 Å². The minimum Gasteiger partial charge on any atom is -0.309 e. The molecule has 0 saturated carbocycles. The highest BCUT2D eigenvalue weighted by molar-refractivity contribution is 6.09. The molecule has 0 N–H and O–H groups in total. The maximum absolute atomic E-state index is 4.12. The number of aromatic nitrogens is 2. The van der Waals surface area contributed by atoms with Crippen molar-refractivity contribution in [2.24, 2.45) is 0 Å². The Morgan fingerprint density at radius 1 is 0.857 bits per heavy atom. The second kappa shape index (κ2) is 4.60. The van der Waals surface area contributed by atoms with E-state index in [1.807, 2.05) is 30.6 Å². The topological polar surface area (TPSA) is 17.8 Å². The number of nitrogens with zero attached hydrogens (tertiary/aromatic N) is 2. The fourth-order valence-electron chi connectivity index (χ4n) is 2.89. The van der Waals surface area contributed by atoms with Crippen LogP contribution >= 0.6 is 0 Å². The van der Waals surface area contributed by atoms with Crippen molar-refractivity contribution in [3.63, 3.8) is 0 Å². The molecule has 21 heavy (non-hydrogen) atoms. The minimum absolute atomic E-state index is 1.13. The molecule has 2 heterocycles. The van der Waals surface area contributed by atoms with Crippen LogP contribution in [0.3, 0.4) is 0 Å². The molecule has 0 saturated heterocycles. The van der Waals surface area contributed by atoms with E-state index in [2.05, 4.69) is 58.6 Å². The lowest BCUT2D eigenvalue weighted by Crippen LogP contribution is -1.93. The van der Waals surface area contributed by atoms with Crippen LogP contribution in [0.5, 0.6) is 0 Å². The van der Waals surface area contributed by atoms with Crippen LogP contribution in [-0.2, 0) is 0 Å². The van der Waals surface area contributed by atoms with Gasteiger partial charge in [0.2, 0.25) is 0 Å². The summed E-state index contributed by atoms with van der Waals surface area (Å²) >= 11 is 0. The third-order valence-electron chi connectivity index (χ3n) is 3.85. The van der Waals surface area contributed by atoms with Crippen molar-refractivity contribution in [1.29, 1.82) is 0 Å². The molecule has 100 valence electrons. The highest BCUT2D eigenvalue weighted by Gasteiger charge is 2.11. The highest BCUT2D eigenvalue weighted by Crippen LogP contribution is 2.32. The van der Waals surface area contributed by atoms with E-state index >= 15 is 0 Å². The third kappa shape index (κ3) is 1.77.